The zero-order valence-corrected chi connectivity index (χ0v) is 31.6. The van der Waals surface area contributed by atoms with Crippen LogP contribution in [-0.2, 0) is 0 Å². The van der Waals surface area contributed by atoms with Crippen LogP contribution in [0.3, 0.4) is 0 Å². The topological polar surface area (TPSA) is 18.5 Å². The number of benzene rings is 3. The van der Waals surface area contributed by atoms with Crippen molar-refractivity contribution in [2.75, 3.05) is 14.2 Å². The molecule has 3 aliphatic carbocycles. The Balaban J connectivity index is 0.000000191. The van der Waals surface area contributed by atoms with Crippen LogP contribution in [-0.4, -0.2) is 14.2 Å². The molecule has 3 aromatic carbocycles. The van der Waals surface area contributed by atoms with E-state index in [4.69, 9.17) is 9.47 Å². The van der Waals surface area contributed by atoms with E-state index in [-0.39, 0.29) is 0 Å². The molecule has 3 fully saturated rings. The van der Waals surface area contributed by atoms with Crippen molar-refractivity contribution in [1.29, 1.82) is 0 Å². The van der Waals surface area contributed by atoms with Crippen LogP contribution in [0.25, 0.3) is 11.1 Å². The second kappa shape index (κ2) is 20.2. The summed E-state index contributed by atoms with van der Waals surface area (Å²) >= 11 is 0. The number of unbranched alkanes of at least 4 members (excludes halogenated alkanes) is 3. The highest BCUT2D eigenvalue weighted by molar-refractivity contribution is 5.64. The van der Waals surface area contributed by atoms with Crippen LogP contribution < -0.4 is 9.47 Å². The summed E-state index contributed by atoms with van der Waals surface area (Å²) < 4.78 is 10.5. The van der Waals surface area contributed by atoms with Crippen molar-refractivity contribution in [3.05, 3.63) is 83.9 Å². The van der Waals surface area contributed by atoms with Crippen LogP contribution in [0.1, 0.15) is 159 Å². The fraction of sp³-hybridized carbons (Fsp3) is 0.617. The zero-order valence-electron chi connectivity index (χ0n) is 31.6. The number of methoxy groups -OCH3 is 2. The highest BCUT2D eigenvalue weighted by atomic mass is 16.5. The van der Waals surface area contributed by atoms with Crippen molar-refractivity contribution in [1.82, 2.24) is 0 Å². The summed E-state index contributed by atoms with van der Waals surface area (Å²) in [6.45, 7) is 4.62. The third-order valence-corrected chi connectivity index (χ3v) is 12.8. The van der Waals surface area contributed by atoms with Gasteiger partial charge in [0.25, 0.3) is 0 Å². The van der Waals surface area contributed by atoms with E-state index in [0.717, 1.165) is 47.0 Å². The van der Waals surface area contributed by atoms with Crippen LogP contribution in [0.4, 0.5) is 0 Å². The summed E-state index contributed by atoms with van der Waals surface area (Å²) in [6, 6.07) is 26.4. The molecule has 0 aromatic heterocycles. The number of hydrogen-bond acceptors (Lipinski definition) is 2. The highest BCUT2D eigenvalue weighted by Gasteiger charge is 2.31. The molecule has 0 unspecified atom stereocenters. The van der Waals surface area contributed by atoms with Gasteiger partial charge in [-0.3, -0.25) is 0 Å². The van der Waals surface area contributed by atoms with E-state index >= 15 is 0 Å². The van der Waals surface area contributed by atoms with E-state index in [1.807, 2.05) is 12.1 Å². The Hall–Kier alpha value is -2.74. The fourth-order valence-corrected chi connectivity index (χ4v) is 9.44. The van der Waals surface area contributed by atoms with Crippen LogP contribution in [0.15, 0.2) is 72.8 Å². The summed E-state index contributed by atoms with van der Waals surface area (Å²) in [6.07, 6.45) is 27.3. The van der Waals surface area contributed by atoms with E-state index in [0.29, 0.717) is 0 Å². The van der Waals surface area contributed by atoms with E-state index in [1.165, 1.54) is 144 Å². The minimum Gasteiger partial charge on any atom is -0.497 e. The Bertz CT molecular complexity index is 1290. The van der Waals surface area contributed by atoms with Gasteiger partial charge in [-0.25, -0.2) is 0 Å². The quantitative estimate of drug-likeness (QED) is 0.169. The molecular formula is C47H68O2. The number of ether oxygens (including phenoxy) is 2. The SMILES string of the molecule is CCCCC1CCC(C2CCC(c3ccc(OC)cc3)CC2)CC1.CCCCCC1CCC(c2ccc(-c3ccc(OC)cc3)cc2)CC1. The standard InChI is InChI=1S/C24H32O.C23H36O/c1-3-4-5-6-19-7-9-20(10-8-19)21-11-13-22(14-12-21)23-15-17-24(25-2)18-16-23;1-3-4-5-18-6-8-19(9-7-18)20-10-12-21(13-11-20)22-14-16-23(24-2)17-15-22/h11-20H,3-10H2,1-2H3;14-21H,3-13H2,1-2H3. The van der Waals surface area contributed by atoms with Crippen molar-refractivity contribution in [3.8, 4) is 22.6 Å². The molecule has 0 bridgehead atoms. The molecule has 2 nitrogen and oxygen atoms in total. The van der Waals surface area contributed by atoms with Gasteiger partial charge in [0.1, 0.15) is 11.5 Å². The lowest BCUT2D eigenvalue weighted by molar-refractivity contribution is 0.156. The summed E-state index contributed by atoms with van der Waals surface area (Å²) in [5.41, 5.74) is 5.61. The number of rotatable bonds is 13. The van der Waals surface area contributed by atoms with E-state index in [9.17, 15) is 0 Å². The Morgan fingerprint density at radius 1 is 0.429 bits per heavy atom. The second-order valence-corrected chi connectivity index (χ2v) is 15.9. The molecule has 0 spiro atoms. The molecule has 0 heterocycles. The third-order valence-electron chi connectivity index (χ3n) is 12.8. The molecular weight excluding hydrogens is 597 g/mol. The van der Waals surface area contributed by atoms with Gasteiger partial charge in [0, 0.05) is 0 Å². The molecule has 3 saturated carbocycles. The molecule has 0 N–H and O–H groups in total. The summed E-state index contributed by atoms with van der Waals surface area (Å²) in [7, 11) is 3.46. The second-order valence-electron chi connectivity index (χ2n) is 15.9. The molecule has 0 amide bonds. The molecule has 0 saturated heterocycles. The van der Waals surface area contributed by atoms with Gasteiger partial charge in [0.2, 0.25) is 0 Å². The minimum absolute atomic E-state index is 0.771. The molecule has 49 heavy (non-hydrogen) atoms. The molecule has 3 aliphatic rings. The average molecular weight is 665 g/mol. The summed E-state index contributed by atoms with van der Waals surface area (Å²) in [4.78, 5) is 0. The summed E-state index contributed by atoms with van der Waals surface area (Å²) in [5.74, 6) is 7.55. The third kappa shape index (κ3) is 11.4. The maximum absolute atomic E-state index is 5.29. The highest BCUT2D eigenvalue weighted by Crippen LogP contribution is 2.45. The predicted octanol–water partition coefficient (Wildman–Crippen LogP) is 14.2. The molecule has 0 radical (unpaired) electrons. The van der Waals surface area contributed by atoms with Gasteiger partial charge in [-0.2, -0.15) is 0 Å². The fourth-order valence-electron chi connectivity index (χ4n) is 9.44. The van der Waals surface area contributed by atoms with Gasteiger partial charge >= 0.3 is 0 Å². The lowest BCUT2D eigenvalue weighted by Gasteiger charge is -2.38. The lowest BCUT2D eigenvalue weighted by Crippen LogP contribution is -2.25. The Kier molecular flexibility index (Phi) is 15.5. The van der Waals surface area contributed by atoms with Gasteiger partial charge in [-0.05, 0) is 146 Å². The van der Waals surface area contributed by atoms with Crippen molar-refractivity contribution in [3.63, 3.8) is 0 Å². The Morgan fingerprint density at radius 2 is 0.796 bits per heavy atom. The van der Waals surface area contributed by atoms with E-state index in [1.54, 1.807) is 14.2 Å². The van der Waals surface area contributed by atoms with Crippen LogP contribution in [0.5, 0.6) is 11.5 Å². The molecule has 2 heteroatoms. The maximum atomic E-state index is 5.29. The van der Waals surface area contributed by atoms with Crippen molar-refractivity contribution < 1.29 is 9.47 Å². The summed E-state index contributed by atoms with van der Waals surface area (Å²) in [5, 5.41) is 0. The molecule has 0 atom stereocenters. The lowest BCUT2D eigenvalue weighted by atomic mass is 9.68. The smallest absolute Gasteiger partial charge is 0.118 e. The Labute approximate surface area is 300 Å². The first kappa shape index (κ1) is 37.5. The van der Waals surface area contributed by atoms with Crippen molar-refractivity contribution in [2.24, 2.45) is 23.7 Å². The average Bonchev–Trinajstić information content (AvgIpc) is 3.18. The van der Waals surface area contributed by atoms with Crippen LogP contribution in [0.2, 0.25) is 0 Å². The molecule has 0 aliphatic heterocycles. The maximum Gasteiger partial charge on any atom is 0.118 e. The van der Waals surface area contributed by atoms with Crippen LogP contribution >= 0.6 is 0 Å². The first-order chi connectivity index (χ1) is 24.1. The zero-order chi connectivity index (χ0) is 34.3. The first-order valence-corrected chi connectivity index (χ1v) is 20.5. The predicted molar refractivity (Wildman–Crippen MR) is 210 cm³/mol. The monoisotopic (exact) mass is 665 g/mol. The largest absolute Gasteiger partial charge is 0.497 e. The van der Waals surface area contributed by atoms with Gasteiger partial charge < -0.3 is 9.47 Å². The van der Waals surface area contributed by atoms with E-state index < -0.39 is 0 Å². The molecule has 3 aromatic rings. The normalized spacial score (nSPS) is 25.6. The minimum atomic E-state index is 0.771. The van der Waals surface area contributed by atoms with E-state index in [2.05, 4.69) is 74.5 Å². The van der Waals surface area contributed by atoms with Gasteiger partial charge in [-0.15, -0.1) is 0 Å². The van der Waals surface area contributed by atoms with Gasteiger partial charge in [-0.1, -0.05) is 120 Å². The van der Waals surface area contributed by atoms with Gasteiger partial charge in [0.15, 0.2) is 0 Å². The van der Waals surface area contributed by atoms with Crippen LogP contribution in [0, 0.1) is 23.7 Å². The number of hydrogen-bond donors (Lipinski definition) is 0. The Morgan fingerprint density at radius 3 is 1.27 bits per heavy atom. The van der Waals surface area contributed by atoms with Gasteiger partial charge in [0.05, 0.1) is 14.2 Å². The molecule has 6 rings (SSSR count). The van der Waals surface area contributed by atoms with Crippen molar-refractivity contribution >= 4 is 0 Å². The van der Waals surface area contributed by atoms with Crippen molar-refractivity contribution in [2.45, 2.75) is 148 Å². The molecule has 268 valence electrons. The first-order valence-electron chi connectivity index (χ1n) is 20.5.